The van der Waals surface area contributed by atoms with Gasteiger partial charge in [-0.3, -0.25) is 4.79 Å². The number of nitrogens with zero attached hydrogens (tertiary/aromatic N) is 1. The van der Waals surface area contributed by atoms with Crippen molar-refractivity contribution in [3.8, 4) is 5.75 Å². The maximum absolute atomic E-state index is 13.0. The number of hydrogen-bond donors (Lipinski definition) is 1. The first-order valence-electron chi connectivity index (χ1n) is 8.89. The number of ether oxygens (including phenoxy) is 1. The molecule has 0 spiro atoms. The number of rotatable bonds is 8. The van der Waals surface area contributed by atoms with E-state index in [2.05, 4.69) is 10.3 Å². The lowest BCUT2D eigenvalue weighted by atomic mass is 10.1. The summed E-state index contributed by atoms with van der Waals surface area (Å²) >= 11 is 1.46. The maximum atomic E-state index is 13.0. The Morgan fingerprint density at radius 1 is 1.11 bits per heavy atom. The number of carbonyl (C=O) groups is 1. The first kappa shape index (κ1) is 19.9. The van der Waals surface area contributed by atoms with Crippen molar-refractivity contribution >= 4 is 17.7 Å². The zero-order chi connectivity index (χ0) is 19.8. The number of methoxy groups -OCH3 is 1. The van der Waals surface area contributed by atoms with E-state index in [1.54, 1.807) is 37.6 Å². The number of halogens is 1. The Hall–Kier alpha value is -2.86. The Morgan fingerprint density at radius 3 is 2.68 bits per heavy atom. The number of pyridine rings is 1. The van der Waals surface area contributed by atoms with Gasteiger partial charge in [0.1, 0.15) is 16.6 Å². The van der Waals surface area contributed by atoms with Gasteiger partial charge in [-0.05, 0) is 47.9 Å². The molecule has 6 heteroatoms. The zero-order valence-corrected chi connectivity index (χ0v) is 16.3. The topological polar surface area (TPSA) is 51.2 Å². The molecule has 1 aromatic heterocycles. The molecule has 28 heavy (non-hydrogen) atoms. The summed E-state index contributed by atoms with van der Waals surface area (Å²) in [5, 5.41) is 3.60. The van der Waals surface area contributed by atoms with Crippen molar-refractivity contribution < 1.29 is 13.9 Å². The van der Waals surface area contributed by atoms with Crippen LogP contribution in [0, 0.1) is 5.82 Å². The van der Waals surface area contributed by atoms with E-state index in [1.807, 2.05) is 24.3 Å². The van der Waals surface area contributed by atoms with Gasteiger partial charge >= 0.3 is 0 Å². The molecule has 2 aromatic carbocycles. The summed E-state index contributed by atoms with van der Waals surface area (Å²) < 4.78 is 18.4. The first-order valence-corrected chi connectivity index (χ1v) is 9.88. The highest BCUT2D eigenvalue weighted by Crippen LogP contribution is 2.24. The monoisotopic (exact) mass is 396 g/mol. The van der Waals surface area contributed by atoms with Gasteiger partial charge in [-0.25, -0.2) is 9.37 Å². The molecule has 0 aliphatic carbocycles. The molecule has 1 N–H and O–H groups in total. The molecule has 0 saturated carbocycles. The van der Waals surface area contributed by atoms with E-state index < -0.39 is 0 Å². The third-order valence-corrected chi connectivity index (χ3v) is 5.25. The number of amides is 1. The largest absolute Gasteiger partial charge is 0.496 e. The summed E-state index contributed by atoms with van der Waals surface area (Å²) in [5.41, 5.74) is 2.55. The number of para-hydroxylation sites is 1. The molecule has 0 unspecified atom stereocenters. The van der Waals surface area contributed by atoms with Gasteiger partial charge in [-0.1, -0.05) is 30.3 Å². The summed E-state index contributed by atoms with van der Waals surface area (Å²) in [4.78, 5) is 17.0. The van der Waals surface area contributed by atoms with Crippen molar-refractivity contribution in [3.05, 3.63) is 89.4 Å². The Bertz CT molecular complexity index is 932. The fourth-order valence-electron chi connectivity index (χ4n) is 2.73. The minimum Gasteiger partial charge on any atom is -0.496 e. The second kappa shape index (κ2) is 9.90. The van der Waals surface area contributed by atoms with Gasteiger partial charge in [-0.15, -0.1) is 11.8 Å². The Labute approximate surface area is 168 Å². The van der Waals surface area contributed by atoms with Gasteiger partial charge in [0.2, 0.25) is 0 Å². The van der Waals surface area contributed by atoms with Crippen LogP contribution in [0.1, 0.15) is 21.5 Å². The Morgan fingerprint density at radius 2 is 1.89 bits per heavy atom. The van der Waals surface area contributed by atoms with Crippen LogP contribution in [0.15, 0.2) is 71.9 Å². The molecule has 144 valence electrons. The lowest BCUT2D eigenvalue weighted by Gasteiger charge is -2.11. The average molecular weight is 396 g/mol. The molecule has 1 amide bonds. The van der Waals surface area contributed by atoms with Crippen molar-refractivity contribution in [2.24, 2.45) is 0 Å². The van der Waals surface area contributed by atoms with Crippen LogP contribution in [-0.4, -0.2) is 24.5 Å². The van der Waals surface area contributed by atoms with Gasteiger partial charge in [0, 0.05) is 18.5 Å². The maximum Gasteiger partial charge on any atom is 0.254 e. The highest BCUT2D eigenvalue weighted by molar-refractivity contribution is 7.98. The van der Waals surface area contributed by atoms with Gasteiger partial charge < -0.3 is 10.1 Å². The average Bonchev–Trinajstić information content (AvgIpc) is 2.74. The summed E-state index contributed by atoms with van der Waals surface area (Å²) in [7, 11) is 1.64. The SMILES string of the molecule is COc1ccccc1CCNC(=O)c1cccnc1SCc1ccc(F)cc1. The fourth-order valence-corrected chi connectivity index (χ4v) is 3.67. The highest BCUT2D eigenvalue weighted by atomic mass is 32.2. The van der Waals surface area contributed by atoms with Gasteiger partial charge in [-0.2, -0.15) is 0 Å². The molecule has 4 nitrogen and oxygen atoms in total. The number of carbonyl (C=O) groups excluding carboxylic acids is 1. The van der Waals surface area contributed by atoms with E-state index in [0.29, 0.717) is 29.3 Å². The summed E-state index contributed by atoms with van der Waals surface area (Å²) in [6, 6.07) is 17.6. The van der Waals surface area contributed by atoms with Crippen molar-refractivity contribution in [1.82, 2.24) is 10.3 Å². The molecule has 0 fully saturated rings. The first-order chi connectivity index (χ1) is 13.7. The van der Waals surface area contributed by atoms with E-state index in [9.17, 15) is 9.18 Å². The molecule has 0 atom stereocenters. The number of thioether (sulfide) groups is 1. The Balaban J connectivity index is 1.59. The molecule has 0 saturated heterocycles. The van der Waals surface area contributed by atoms with Gasteiger partial charge in [0.05, 0.1) is 12.7 Å². The van der Waals surface area contributed by atoms with Gasteiger partial charge in [0.15, 0.2) is 0 Å². The van der Waals surface area contributed by atoms with E-state index in [-0.39, 0.29) is 11.7 Å². The lowest BCUT2D eigenvalue weighted by molar-refractivity contribution is 0.0950. The summed E-state index contributed by atoms with van der Waals surface area (Å²) in [6.45, 7) is 0.496. The highest BCUT2D eigenvalue weighted by Gasteiger charge is 2.13. The van der Waals surface area contributed by atoms with Crippen LogP contribution in [0.4, 0.5) is 4.39 Å². The second-order valence-corrected chi connectivity index (χ2v) is 7.05. The van der Waals surface area contributed by atoms with Crippen LogP contribution < -0.4 is 10.1 Å². The van der Waals surface area contributed by atoms with Crippen LogP contribution in [0.5, 0.6) is 5.75 Å². The number of nitrogens with one attached hydrogen (secondary N) is 1. The molecule has 3 aromatic rings. The number of benzene rings is 2. The third kappa shape index (κ3) is 5.33. The molecular formula is C22H21FN2O2S. The molecule has 0 aliphatic rings. The molecule has 0 radical (unpaired) electrons. The van der Waals surface area contributed by atoms with E-state index in [1.165, 1.54) is 23.9 Å². The smallest absolute Gasteiger partial charge is 0.254 e. The zero-order valence-electron chi connectivity index (χ0n) is 15.5. The van der Waals surface area contributed by atoms with Crippen LogP contribution in [0.3, 0.4) is 0 Å². The van der Waals surface area contributed by atoms with Crippen molar-refractivity contribution in [2.45, 2.75) is 17.2 Å². The summed E-state index contributed by atoms with van der Waals surface area (Å²) in [5.74, 6) is 0.999. The number of hydrogen-bond acceptors (Lipinski definition) is 4. The molecule has 0 bridgehead atoms. The summed E-state index contributed by atoms with van der Waals surface area (Å²) in [6.07, 6.45) is 2.34. The normalized spacial score (nSPS) is 10.5. The minimum absolute atomic E-state index is 0.162. The molecule has 0 aliphatic heterocycles. The van der Waals surface area contributed by atoms with E-state index in [4.69, 9.17) is 4.74 Å². The number of aromatic nitrogens is 1. The predicted molar refractivity (Wildman–Crippen MR) is 109 cm³/mol. The van der Waals surface area contributed by atoms with Crippen molar-refractivity contribution in [1.29, 1.82) is 0 Å². The van der Waals surface area contributed by atoms with Crippen molar-refractivity contribution in [3.63, 3.8) is 0 Å². The van der Waals surface area contributed by atoms with Gasteiger partial charge in [0.25, 0.3) is 5.91 Å². The molecular weight excluding hydrogens is 375 g/mol. The van der Waals surface area contributed by atoms with Crippen molar-refractivity contribution in [2.75, 3.05) is 13.7 Å². The van der Waals surface area contributed by atoms with E-state index in [0.717, 1.165) is 16.9 Å². The predicted octanol–water partition coefficient (Wildman–Crippen LogP) is 4.49. The lowest BCUT2D eigenvalue weighted by Crippen LogP contribution is -2.26. The minimum atomic E-state index is -0.262. The standard InChI is InChI=1S/C22H21FN2O2S/c1-27-20-7-3-2-5-17(20)12-14-24-21(26)19-6-4-13-25-22(19)28-15-16-8-10-18(23)11-9-16/h2-11,13H,12,14-15H2,1H3,(H,24,26). The Kier molecular flexibility index (Phi) is 7.03. The van der Waals surface area contributed by atoms with Crippen LogP contribution in [0.2, 0.25) is 0 Å². The van der Waals surface area contributed by atoms with Crippen LogP contribution in [-0.2, 0) is 12.2 Å². The van der Waals surface area contributed by atoms with Crippen LogP contribution in [0.25, 0.3) is 0 Å². The third-order valence-electron chi connectivity index (χ3n) is 4.18. The molecule has 3 rings (SSSR count). The quantitative estimate of drug-likeness (QED) is 0.570. The van der Waals surface area contributed by atoms with E-state index >= 15 is 0 Å². The van der Waals surface area contributed by atoms with Crippen LogP contribution >= 0.6 is 11.8 Å². The molecule has 1 heterocycles. The fraction of sp³-hybridized carbons (Fsp3) is 0.182. The second-order valence-electron chi connectivity index (χ2n) is 6.09.